The van der Waals surface area contributed by atoms with E-state index in [9.17, 15) is 9.90 Å². The van der Waals surface area contributed by atoms with Crippen LogP contribution in [-0.4, -0.2) is 10.1 Å². The predicted molar refractivity (Wildman–Crippen MR) is 99.1 cm³/mol. The predicted octanol–water partition coefficient (Wildman–Crippen LogP) is 4.69. The van der Waals surface area contributed by atoms with Gasteiger partial charge in [0.2, 0.25) is 0 Å². The van der Waals surface area contributed by atoms with E-state index in [-0.39, 0.29) is 17.2 Å². The zero-order valence-corrected chi connectivity index (χ0v) is 13.5. The first-order chi connectivity index (χ1) is 12.2. The minimum atomic E-state index is -0.520. The first-order valence-electron chi connectivity index (χ1n) is 8.12. The van der Waals surface area contributed by atoms with E-state index in [2.05, 4.69) is 11.6 Å². The summed E-state index contributed by atoms with van der Waals surface area (Å²) in [6.07, 6.45) is 4.14. The van der Waals surface area contributed by atoms with Gasteiger partial charge in [-0.1, -0.05) is 36.4 Å². The third-order valence-corrected chi connectivity index (χ3v) is 4.57. The Bertz CT molecular complexity index is 1140. The lowest BCUT2D eigenvalue weighted by molar-refractivity contribution is 0.451. The molecule has 1 unspecified atom stereocenters. The molecule has 0 aliphatic rings. The van der Waals surface area contributed by atoms with Crippen LogP contribution in [0, 0.1) is 0 Å². The number of aromatic nitrogens is 1. The molecule has 0 saturated heterocycles. The monoisotopic (exact) mass is 331 g/mol. The van der Waals surface area contributed by atoms with Gasteiger partial charge in [-0.2, -0.15) is 0 Å². The van der Waals surface area contributed by atoms with Crippen LogP contribution in [0.4, 0.5) is 0 Å². The highest BCUT2D eigenvalue weighted by atomic mass is 16.4. The van der Waals surface area contributed by atoms with Crippen LogP contribution in [0.25, 0.3) is 21.9 Å². The number of allylic oxidation sites excluding steroid dienone is 1. The van der Waals surface area contributed by atoms with E-state index in [1.807, 2.05) is 30.5 Å². The molecule has 2 aromatic heterocycles. The van der Waals surface area contributed by atoms with Gasteiger partial charge in [-0.3, -0.25) is 0 Å². The molecule has 0 bridgehead atoms. The number of aromatic hydroxyl groups is 1. The molecule has 4 aromatic rings. The molecule has 0 spiro atoms. The lowest BCUT2D eigenvalue weighted by Gasteiger charge is -2.16. The topological polar surface area (TPSA) is 66.2 Å². The van der Waals surface area contributed by atoms with Gasteiger partial charge < -0.3 is 14.5 Å². The molecule has 4 rings (SSSR count). The molecule has 0 aliphatic carbocycles. The number of fused-ring (bicyclic) bond motifs is 2. The van der Waals surface area contributed by atoms with Gasteiger partial charge in [-0.25, -0.2) is 4.79 Å². The molecule has 1 atom stereocenters. The van der Waals surface area contributed by atoms with Crippen LogP contribution in [0.3, 0.4) is 0 Å². The quantitative estimate of drug-likeness (QED) is 0.421. The van der Waals surface area contributed by atoms with Crippen molar-refractivity contribution in [2.24, 2.45) is 0 Å². The third kappa shape index (κ3) is 2.43. The minimum absolute atomic E-state index is 0.0241. The number of H-pyrrole nitrogens is 1. The molecule has 2 aromatic carbocycles. The number of benzene rings is 2. The highest BCUT2D eigenvalue weighted by molar-refractivity contribution is 5.87. The van der Waals surface area contributed by atoms with Gasteiger partial charge in [0, 0.05) is 23.0 Å². The molecule has 25 heavy (non-hydrogen) atoms. The molecule has 2 N–H and O–H groups in total. The second kappa shape index (κ2) is 5.98. The number of aromatic amines is 1. The number of nitrogens with one attached hydrogen (secondary N) is 1. The summed E-state index contributed by atoms with van der Waals surface area (Å²) < 4.78 is 5.45. The van der Waals surface area contributed by atoms with Crippen molar-refractivity contribution in [2.75, 3.05) is 0 Å². The van der Waals surface area contributed by atoms with E-state index in [1.165, 1.54) is 0 Å². The van der Waals surface area contributed by atoms with Crippen LogP contribution < -0.4 is 5.63 Å². The number of hydrogen-bond acceptors (Lipinski definition) is 3. The summed E-state index contributed by atoms with van der Waals surface area (Å²) in [7, 11) is 0. The molecule has 0 saturated carbocycles. The molecule has 4 nitrogen and oxygen atoms in total. The molecular weight excluding hydrogens is 314 g/mol. The van der Waals surface area contributed by atoms with Gasteiger partial charge >= 0.3 is 5.63 Å². The van der Waals surface area contributed by atoms with Gasteiger partial charge in [-0.15, -0.1) is 6.58 Å². The normalized spacial score (nSPS) is 12.5. The Morgan fingerprint density at radius 1 is 1.12 bits per heavy atom. The van der Waals surface area contributed by atoms with E-state index in [0.29, 0.717) is 17.4 Å². The smallest absolute Gasteiger partial charge is 0.343 e. The highest BCUT2D eigenvalue weighted by Crippen LogP contribution is 2.38. The van der Waals surface area contributed by atoms with Gasteiger partial charge in [0.1, 0.15) is 11.3 Å². The average molecular weight is 331 g/mol. The Labute approximate surface area is 144 Å². The lowest BCUT2D eigenvalue weighted by Crippen LogP contribution is -2.14. The van der Waals surface area contributed by atoms with E-state index in [1.54, 1.807) is 30.3 Å². The van der Waals surface area contributed by atoms with Crippen LogP contribution >= 0.6 is 0 Å². The summed E-state index contributed by atoms with van der Waals surface area (Å²) in [6.45, 7) is 3.81. The average Bonchev–Trinajstić information content (AvgIpc) is 3.05. The molecule has 0 fully saturated rings. The Hall–Kier alpha value is -3.27. The third-order valence-electron chi connectivity index (χ3n) is 4.57. The van der Waals surface area contributed by atoms with Crippen molar-refractivity contribution in [1.29, 1.82) is 0 Å². The second-order valence-corrected chi connectivity index (χ2v) is 6.01. The Kier molecular flexibility index (Phi) is 3.65. The highest BCUT2D eigenvalue weighted by Gasteiger charge is 2.25. The summed E-state index contributed by atoms with van der Waals surface area (Å²) in [5, 5.41) is 12.3. The van der Waals surface area contributed by atoms with Crippen molar-refractivity contribution in [2.45, 2.75) is 12.3 Å². The van der Waals surface area contributed by atoms with Crippen molar-refractivity contribution >= 4 is 21.9 Å². The first-order valence-corrected chi connectivity index (χ1v) is 8.12. The summed E-state index contributed by atoms with van der Waals surface area (Å²) in [4.78, 5) is 15.9. The second-order valence-electron chi connectivity index (χ2n) is 6.01. The molecule has 2 heterocycles. The van der Waals surface area contributed by atoms with E-state index >= 15 is 0 Å². The molecule has 124 valence electrons. The molecule has 0 amide bonds. The van der Waals surface area contributed by atoms with Crippen molar-refractivity contribution < 1.29 is 9.52 Å². The fourth-order valence-electron chi connectivity index (χ4n) is 3.40. The summed E-state index contributed by atoms with van der Waals surface area (Å²) >= 11 is 0. The van der Waals surface area contributed by atoms with Gasteiger partial charge in [0.05, 0.1) is 10.9 Å². The maximum absolute atomic E-state index is 12.6. The van der Waals surface area contributed by atoms with Crippen LogP contribution in [-0.2, 0) is 0 Å². The van der Waals surface area contributed by atoms with Crippen molar-refractivity contribution in [3.05, 3.63) is 88.9 Å². The van der Waals surface area contributed by atoms with E-state index in [4.69, 9.17) is 4.42 Å². The zero-order valence-electron chi connectivity index (χ0n) is 13.5. The summed E-state index contributed by atoms with van der Waals surface area (Å²) in [5.41, 5.74) is 2.05. The van der Waals surface area contributed by atoms with Crippen molar-refractivity contribution in [3.63, 3.8) is 0 Å². The minimum Gasteiger partial charge on any atom is -0.507 e. The Balaban J connectivity index is 2.00. The van der Waals surface area contributed by atoms with Crippen molar-refractivity contribution in [1.82, 2.24) is 4.98 Å². The molecule has 0 aliphatic heterocycles. The van der Waals surface area contributed by atoms with Crippen LogP contribution in [0.15, 0.2) is 76.6 Å². The maximum Gasteiger partial charge on any atom is 0.343 e. The van der Waals surface area contributed by atoms with Gasteiger partial charge in [0.25, 0.3) is 0 Å². The van der Waals surface area contributed by atoms with Gasteiger partial charge in [-0.05, 0) is 30.2 Å². The number of rotatable bonds is 4. The van der Waals surface area contributed by atoms with E-state index in [0.717, 1.165) is 16.5 Å². The van der Waals surface area contributed by atoms with Crippen LogP contribution in [0.1, 0.15) is 23.5 Å². The fraction of sp³-hybridized carbons (Fsp3) is 0.0952. The summed E-state index contributed by atoms with van der Waals surface area (Å²) in [5.74, 6) is -0.363. The lowest BCUT2D eigenvalue weighted by atomic mass is 9.88. The first kappa shape index (κ1) is 15.3. The van der Waals surface area contributed by atoms with Crippen LogP contribution in [0.5, 0.6) is 5.75 Å². The number of hydrogen-bond donors (Lipinski definition) is 2. The van der Waals surface area contributed by atoms with Crippen LogP contribution in [0.2, 0.25) is 0 Å². The fourth-order valence-corrected chi connectivity index (χ4v) is 3.40. The van der Waals surface area contributed by atoms with E-state index < -0.39 is 5.63 Å². The SMILES string of the molecule is C=CCC(c1c(O)c2ccccc2oc1=O)c1c[nH]c2ccccc12. The molecular formula is C21H17NO3. The number of para-hydroxylation sites is 2. The maximum atomic E-state index is 12.6. The Morgan fingerprint density at radius 2 is 1.84 bits per heavy atom. The Morgan fingerprint density at radius 3 is 2.64 bits per heavy atom. The van der Waals surface area contributed by atoms with Gasteiger partial charge in [0.15, 0.2) is 0 Å². The standard InChI is InChI=1S/C21H17NO3/c1-2-7-14(16-12-22-17-10-5-3-8-13(16)17)19-20(23)15-9-4-6-11-18(15)25-21(19)24/h2-6,8-12,14,22-23H,1,7H2. The largest absolute Gasteiger partial charge is 0.507 e. The molecule has 4 heteroatoms. The zero-order chi connectivity index (χ0) is 17.4. The van der Waals surface area contributed by atoms with Crippen molar-refractivity contribution in [3.8, 4) is 5.75 Å². The molecule has 0 radical (unpaired) electrons. The summed E-state index contributed by atoms with van der Waals surface area (Å²) in [6, 6.07) is 14.9.